The van der Waals surface area contributed by atoms with E-state index in [2.05, 4.69) is 10.2 Å². The topological polar surface area (TPSA) is 61.8 Å². The van der Waals surface area contributed by atoms with Crippen molar-refractivity contribution in [2.75, 3.05) is 31.6 Å². The van der Waals surface area contributed by atoms with E-state index in [0.29, 0.717) is 13.0 Å². The van der Waals surface area contributed by atoms with Crippen LogP contribution in [0.1, 0.15) is 31.7 Å². The highest BCUT2D eigenvalue weighted by atomic mass is 19.1. The Bertz CT molecular complexity index is 545. The summed E-state index contributed by atoms with van der Waals surface area (Å²) >= 11 is 0. The maximum Gasteiger partial charge on any atom is 0.241 e. The van der Waals surface area contributed by atoms with Gasteiger partial charge in [0, 0.05) is 26.3 Å². The van der Waals surface area contributed by atoms with Gasteiger partial charge in [-0.15, -0.1) is 0 Å². The summed E-state index contributed by atoms with van der Waals surface area (Å²) in [5.74, 6) is -0.607. The van der Waals surface area contributed by atoms with Gasteiger partial charge in [0.15, 0.2) is 0 Å². The van der Waals surface area contributed by atoms with Crippen LogP contribution in [0, 0.1) is 12.7 Å². The number of rotatable bonds is 7. The molecular weight excluding hydrogens is 311 g/mol. The summed E-state index contributed by atoms with van der Waals surface area (Å²) in [6.45, 7) is 5.91. The zero-order chi connectivity index (χ0) is 17.5. The van der Waals surface area contributed by atoms with Gasteiger partial charge in [-0.1, -0.05) is 6.07 Å². The number of ether oxygens (including phenoxy) is 1. The number of anilines is 1. The van der Waals surface area contributed by atoms with Gasteiger partial charge in [0.2, 0.25) is 5.91 Å². The lowest BCUT2D eigenvalue weighted by Gasteiger charge is -2.35. The lowest BCUT2D eigenvalue weighted by molar-refractivity contribution is -0.122. The van der Waals surface area contributed by atoms with Crippen LogP contribution in [0.25, 0.3) is 0 Å². The molecule has 0 bridgehead atoms. The molecule has 1 aliphatic rings. The molecule has 134 valence electrons. The molecule has 2 rings (SSSR count). The van der Waals surface area contributed by atoms with E-state index >= 15 is 0 Å². The van der Waals surface area contributed by atoms with Crippen molar-refractivity contribution in [3.63, 3.8) is 0 Å². The van der Waals surface area contributed by atoms with E-state index in [9.17, 15) is 9.18 Å². The predicted octanol–water partition coefficient (Wildman–Crippen LogP) is 2.32. The standard InChI is InChI=1S/C18H27FN2O3/c1-13-4-5-17(16(19)12-13)20-18(23)14(2)21-8-6-15(7-9-21)24-11-3-10-22/h4-5,12,14-15,22H,3,6-11H2,1-2H3,(H,20,23). The number of carbonyl (C=O) groups is 1. The average Bonchev–Trinajstić information content (AvgIpc) is 2.57. The fourth-order valence-corrected chi connectivity index (χ4v) is 2.87. The number of hydrogen-bond acceptors (Lipinski definition) is 4. The molecule has 2 N–H and O–H groups in total. The van der Waals surface area contributed by atoms with Crippen molar-refractivity contribution in [2.45, 2.75) is 45.3 Å². The second kappa shape index (κ2) is 9.11. The number of aryl methyl sites for hydroxylation is 1. The Hall–Kier alpha value is -1.50. The van der Waals surface area contributed by atoms with Gasteiger partial charge in [0.05, 0.1) is 17.8 Å². The molecule has 1 aromatic carbocycles. The minimum atomic E-state index is -0.411. The van der Waals surface area contributed by atoms with E-state index in [1.54, 1.807) is 12.1 Å². The Morgan fingerprint density at radius 2 is 2.17 bits per heavy atom. The van der Waals surface area contributed by atoms with Gasteiger partial charge in [-0.05, 0) is 50.8 Å². The molecule has 1 fully saturated rings. The summed E-state index contributed by atoms with van der Waals surface area (Å²) in [5, 5.41) is 11.4. The fraction of sp³-hybridized carbons (Fsp3) is 0.611. The van der Waals surface area contributed by atoms with Crippen LogP contribution in [-0.4, -0.2) is 54.4 Å². The number of nitrogens with zero attached hydrogens (tertiary/aromatic N) is 1. The van der Waals surface area contributed by atoms with Crippen LogP contribution < -0.4 is 5.32 Å². The molecule has 0 aromatic heterocycles. The molecule has 5 nitrogen and oxygen atoms in total. The van der Waals surface area contributed by atoms with E-state index in [4.69, 9.17) is 9.84 Å². The van der Waals surface area contributed by atoms with Crippen molar-refractivity contribution in [3.05, 3.63) is 29.6 Å². The first-order valence-corrected chi connectivity index (χ1v) is 8.54. The Labute approximate surface area is 142 Å². The number of hydrogen-bond donors (Lipinski definition) is 2. The molecule has 1 atom stereocenters. The van der Waals surface area contributed by atoms with Gasteiger partial charge < -0.3 is 15.2 Å². The molecule has 1 aliphatic heterocycles. The van der Waals surface area contributed by atoms with Crippen LogP contribution in [0.15, 0.2) is 18.2 Å². The minimum absolute atomic E-state index is 0.144. The van der Waals surface area contributed by atoms with Crippen LogP contribution in [0.3, 0.4) is 0 Å². The zero-order valence-corrected chi connectivity index (χ0v) is 14.4. The number of likely N-dealkylation sites (tertiary alicyclic amines) is 1. The van der Waals surface area contributed by atoms with E-state index in [0.717, 1.165) is 31.5 Å². The number of carbonyl (C=O) groups excluding carboxylic acids is 1. The van der Waals surface area contributed by atoms with Gasteiger partial charge in [-0.3, -0.25) is 9.69 Å². The van der Waals surface area contributed by atoms with Crippen LogP contribution in [-0.2, 0) is 9.53 Å². The molecule has 1 aromatic rings. The monoisotopic (exact) mass is 338 g/mol. The third kappa shape index (κ3) is 5.26. The number of aliphatic hydroxyl groups is 1. The van der Waals surface area contributed by atoms with Crippen LogP contribution in [0.4, 0.5) is 10.1 Å². The van der Waals surface area contributed by atoms with Crippen molar-refractivity contribution in [3.8, 4) is 0 Å². The van der Waals surface area contributed by atoms with Gasteiger partial charge in [-0.25, -0.2) is 4.39 Å². The SMILES string of the molecule is Cc1ccc(NC(=O)C(C)N2CCC(OCCCO)CC2)c(F)c1. The van der Waals surface area contributed by atoms with Gasteiger partial charge in [-0.2, -0.15) is 0 Å². The van der Waals surface area contributed by atoms with Crippen molar-refractivity contribution in [1.29, 1.82) is 0 Å². The Morgan fingerprint density at radius 3 is 2.79 bits per heavy atom. The third-order valence-corrected chi connectivity index (χ3v) is 4.44. The highest BCUT2D eigenvalue weighted by Crippen LogP contribution is 2.19. The van der Waals surface area contributed by atoms with Gasteiger partial charge >= 0.3 is 0 Å². The van der Waals surface area contributed by atoms with Crippen molar-refractivity contribution in [2.24, 2.45) is 0 Å². The van der Waals surface area contributed by atoms with E-state index < -0.39 is 5.82 Å². The molecule has 1 saturated heterocycles. The fourth-order valence-electron chi connectivity index (χ4n) is 2.87. The molecule has 0 aliphatic carbocycles. The third-order valence-electron chi connectivity index (χ3n) is 4.44. The maximum absolute atomic E-state index is 13.9. The first-order valence-electron chi connectivity index (χ1n) is 8.54. The summed E-state index contributed by atoms with van der Waals surface area (Å²) < 4.78 is 19.6. The largest absolute Gasteiger partial charge is 0.396 e. The molecule has 24 heavy (non-hydrogen) atoms. The normalized spacial score (nSPS) is 17.7. The lowest BCUT2D eigenvalue weighted by atomic mass is 10.1. The second-order valence-corrected chi connectivity index (χ2v) is 6.33. The summed E-state index contributed by atoms with van der Waals surface area (Å²) in [5.41, 5.74) is 1.04. The Kier molecular flexibility index (Phi) is 7.15. The second-order valence-electron chi connectivity index (χ2n) is 6.33. The molecule has 6 heteroatoms. The molecule has 1 unspecified atom stereocenters. The molecule has 0 radical (unpaired) electrons. The number of aliphatic hydroxyl groups excluding tert-OH is 1. The van der Waals surface area contributed by atoms with E-state index in [1.807, 2.05) is 13.8 Å². The summed E-state index contributed by atoms with van der Waals surface area (Å²) in [4.78, 5) is 14.5. The first kappa shape index (κ1) is 18.8. The number of nitrogens with one attached hydrogen (secondary N) is 1. The van der Waals surface area contributed by atoms with Crippen LogP contribution in [0.5, 0.6) is 0 Å². The van der Waals surface area contributed by atoms with E-state index in [-0.39, 0.29) is 30.3 Å². The minimum Gasteiger partial charge on any atom is -0.396 e. The Balaban J connectivity index is 1.81. The van der Waals surface area contributed by atoms with Gasteiger partial charge in [0.25, 0.3) is 0 Å². The van der Waals surface area contributed by atoms with Gasteiger partial charge in [0.1, 0.15) is 5.82 Å². The first-order chi connectivity index (χ1) is 11.5. The Morgan fingerprint density at radius 1 is 1.46 bits per heavy atom. The summed E-state index contributed by atoms with van der Waals surface area (Å²) in [7, 11) is 0. The van der Waals surface area contributed by atoms with Crippen molar-refractivity contribution in [1.82, 2.24) is 4.90 Å². The van der Waals surface area contributed by atoms with Crippen LogP contribution in [0.2, 0.25) is 0 Å². The van der Waals surface area contributed by atoms with E-state index in [1.165, 1.54) is 6.07 Å². The number of amides is 1. The zero-order valence-electron chi connectivity index (χ0n) is 14.4. The summed E-state index contributed by atoms with van der Waals surface area (Å²) in [6, 6.07) is 4.47. The number of benzene rings is 1. The highest BCUT2D eigenvalue weighted by Gasteiger charge is 2.27. The molecular formula is C18H27FN2O3. The molecule has 0 spiro atoms. The summed E-state index contributed by atoms with van der Waals surface area (Å²) in [6.07, 6.45) is 2.57. The van der Waals surface area contributed by atoms with Crippen molar-refractivity contribution >= 4 is 11.6 Å². The highest BCUT2D eigenvalue weighted by molar-refractivity contribution is 5.94. The lowest BCUT2D eigenvalue weighted by Crippen LogP contribution is -2.47. The van der Waals surface area contributed by atoms with Crippen molar-refractivity contribution < 1.29 is 19.0 Å². The molecule has 0 saturated carbocycles. The van der Waals surface area contributed by atoms with Crippen LogP contribution >= 0.6 is 0 Å². The smallest absolute Gasteiger partial charge is 0.241 e. The number of piperidine rings is 1. The maximum atomic E-state index is 13.9. The quantitative estimate of drug-likeness (QED) is 0.749. The average molecular weight is 338 g/mol. The molecule has 1 amide bonds. The predicted molar refractivity (Wildman–Crippen MR) is 91.5 cm³/mol. The molecule has 1 heterocycles. The number of halogens is 1.